The first kappa shape index (κ1) is 28.9. The molecule has 2 amide bonds. The van der Waals surface area contributed by atoms with Crippen molar-refractivity contribution < 1.29 is 14.4 Å². The molecule has 0 spiro atoms. The molecule has 1 aliphatic rings. The Morgan fingerprint density at radius 2 is 1.89 bits per heavy atom. The highest BCUT2D eigenvalue weighted by atomic mass is 32.1. The molecule has 9 nitrogen and oxygen atoms in total. The summed E-state index contributed by atoms with van der Waals surface area (Å²) in [5, 5.41) is 9.03. The number of H-pyrrole nitrogens is 1. The fraction of sp³-hybridized carbons (Fsp3) is 0.720. The normalized spacial score (nSPS) is 15.5. The van der Waals surface area contributed by atoms with Crippen LogP contribution < -0.4 is 21.7 Å². The maximum atomic E-state index is 13.3. The molecule has 0 saturated heterocycles. The van der Waals surface area contributed by atoms with Gasteiger partial charge in [-0.25, -0.2) is 4.98 Å². The Bertz CT molecular complexity index is 808. The summed E-state index contributed by atoms with van der Waals surface area (Å²) < 4.78 is 0. The van der Waals surface area contributed by atoms with E-state index in [-0.39, 0.29) is 29.9 Å². The van der Waals surface area contributed by atoms with Crippen molar-refractivity contribution >= 4 is 34.8 Å². The number of hydrogen-bond donors (Lipinski definition) is 5. The zero-order chi connectivity index (χ0) is 25.6. The molecule has 196 valence electrons. The van der Waals surface area contributed by atoms with E-state index in [4.69, 9.17) is 18.0 Å². The second kappa shape index (κ2) is 15.6. The largest absolute Gasteiger partial charge is 0.379 e. The summed E-state index contributed by atoms with van der Waals surface area (Å²) in [5.74, 6) is -0.113. The van der Waals surface area contributed by atoms with E-state index in [1.54, 1.807) is 12.5 Å². The third kappa shape index (κ3) is 10.9. The summed E-state index contributed by atoms with van der Waals surface area (Å²) >= 11 is 5.36. The third-order valence-corrected chi connectivity index (χ3v) is 6.64. The molecule has 0 bridgehead atoms. The zero-order valence-corrected chi connectivity index (χ0v) is 21.9. The van der Waals surface area contributed by atoms with E-state index in [0.717, 1.165) is 44.3 Å². The minimum atomic E-state index is -0.740. The second-order valence-corrected chi connectivity index (χ2v) is 10.3. The maximum Gasteiger partial charge on any atom is 0.243 e. The van der Waals surface area contributed by atoms with Crippen LogP contribution >= 0.6 is 12.2 Å². The van der Waals surface area contributed by atoms with Gasteiger partial charge in [-0.15, -0.1) is 0 Å². The minimum Gasteiger partial charge on any atom is -0.379 e. The van der Waals surface area contributed by atoms with E-state index >= 15 is 0 Å². The molecular formula is C25H42N6O3S. The Morgan fingerprint density at radius 3 is 2.51 bits per heavy atom. The number of imidazole rings is 1. The summed E-state index contributed by atoms with van der Waals surface area (Å²) in [7, 11) is 0. The quantitative estimate of drug-likeness (QED) is 0.171. The molecule has 1 aromatic rings. The number of rotatable bonds is 16. The zero-order valence-electron chi connectivity index (χ0n) is 21.1. The van der Waals surface area contributed by atoms with Gasteiger partial charge >= 0.3 is 0 Å². The van der Waals surface area contributed by atoms with Crippen molar-refractivity contribution in [3.63, 3.8) is 0 Å². The smallest absolute Gasteiger partial charge is 0.243 e. The first-order valence-electron chi connectivity index (χ1n) is 12.9. The SMILES string of the molecule is CC(C)CNC(=S)CCC(=O)[C@H](Cc1cnc[nH]1)NC(=O)[C@H](CCCCN)NC(=O)C1CCCC1. The topological polar surface area (TPSA) is 142 Å². The number of aromatic nitrogens is 2. The highest BCUT2D eigenvalue weighted by molar-refractivity contribution is 7.80. The lowest BCUT2D eigenvalue weighted by Gasteiger charge is -2.24. The number of carbonyl (C=O) groups excluding carboxylic acids is 3. The van der Waals surface area contributed by atoms with Crippen LogP contribution in [0.5, 0.6) is 0 Å². The van der Waals surface area contributed by atoms with Gasteiger partial charge in [0, 0.05) is 43.6 Å². The number of nitrogens with zero attached hydrogens (tertiary/aromatic N) is 1. The van der Waals surface area contributed by atoms with Crippen molar-refractivity contribution in [2.75, 3.05) is 13.1 Å². The molecular weight excluding hydrogens is 464 g/mol. The van der Waals surface area contributed by atoms with Gasteiger partial charge in [0.1, 0.15) is 6.04 Å². The molecule has 0 aromatic carbocycles. The van der Waals surface area contributed by atoms with Crippen molar-refractivity contribution in [3.05, 3.63) is 18.2 Å². The molecule has 2 atom stereocenters. The van der Waals surface area contributed by atoms with E-state index in [2.05, 4.69) is 39.8 Å². The second-order valence-electron chi connectivity index (χ2n) is 9.83. The monoisotopic (exact) mass is 506 g/mol. The number of amides is 2. The molecule has 1 saturated carbocycles. The molecule has 0 aliphatic heterocycles. The number of thiocarbonyl (C=S) groups is 1. The van der Waals surface area contributed by atoms with Gasteiger partial charge in [-0.1, -0.05) is 38.9 Å². The molecule has 0 radical (unpaired) electrons. The van der Waals surface area contributed by atoms with Gasteiger partial charge in [-0.05, 0) is 44.6 Å². The minimum absolute atomic E-state index is 0.0402. The predicted molar refractivity (Wildman–Crippen MR) is 141 cm³/mol. The molecule has 1 fully saturated rings. The van der Waals surface area contributed by atoms with Crippen LogP contribution in [0, 0.1) is 11.8 Å². The fourth-order valence-corrected chi connectivity index (χ4v) is 4.38. The van der Waals surface area contributed by atoms with Gasteiger partial charge in [0.05, 0.1) is 17.4 Å². The number of Topliss-reactive ketones (excluding diaryl/α,β-unsaturated/α-hetero) is 1. The van der Waals surface area contributed by atoms with E-state index in [1.807, 2.05) is 0 Å². The van der Waals surface area contributed by atoms with Crippen LogP contribution in [0.3, 0.4) is 0 Å². The van der Waals surface area contributed by atoms with Crippen molar-refractivity contribution in [2.45, 2.75) is 90.1 Å². The summed E-state index contributed by atoms with van der Waals surface area (Å²) in [5.41, 5.74) is 6.37. The Balaban J connectivity index is 2.03. The van der Waals surface area contributed by atoms with Crippen LogP contribution in [-0.2, 0) is 20.8 Å². The number of hydrogen-bond acceptors (Lipinski definition) is 6. The van der Waals surface area contributed by atoms with Crippen LogP contribution in [0.2, 0.25) is 0 Å². The first-order valence-corrected chi connectivity index (χ1v) is 13.3. The maximum absolute atomic E-state index is 13.3. The van der Waals surface area contributed by atoms with E-state index in [1.165, 1.54) is 0 Å². The van der Waals surface area contributed by atoms with Crippen LogP contribution in [0.4, 0.5) is 0 Å². The summed E-state index contributed by atoms with van der Waals surface area (Å²) in [6, 6.07) is -1.43. The van der Waals surface area contributed by atoms with Gasteiger partial charge in [0.25, 0.3) is 0 Å². The van der Waals surface area contributed by atoms with Gasteiger partial charge < -0.3 is 26.7 Å². The molecule has 0 unspecified atom stereocenters. The molecule has 1 aromatic heterocycles. The summed E-state index contributed by atoms with van der Waals surface area (Å²) in [6.45, 7) is 5.46. The molecule has 35 heavy (non-hydrogen) atoms. The molecule has 1 aliphatic carbocycles. The number of ketones is 1. The first-order chi connectivity index (χ1) is 16.8. The number of aromatic amines is 1. The number of nitrogens with two attached hydrogens (primary N) is 1. The van der Waals surface area contributed by atoms with Crippen molar-refractivity contribution in [1.82, 2.24) is 25.9 Å². The van der Waals surface area contributed by atoms with E-state index in [0.29, 0.717) is 43.1 Å². The van der Waals surface area contributed by atoms with Crippen LogP contribution in [-0.4, -0.2) is 57.7 Å². The Labute approximate surface area is 214 Å². The van der Waals surface area contributed by atoms with E-state index in [9.17, 15) is 14.4 Å². The number of unbranched alkanes of at least 4 members (excludes halogenated alkanes) is 1. The van der Waals surface area contributed by atoms with Crippen molar-refractivity contribution in [1.29, 1.82) is 0 Å². The van der Waals surface area contributed by atoms with Crippen molar-refractivity contribution in [3.8, 4) is 0 Å². The van der Waals surface area contributed by atoms with Crippen LogP contribution in [0.1, 0.15) is 77.3 Å². The third-order valence-electron chi connectivity index (χ3n) is 6.30. The average Bonchev–Trinajstić information content (AvgIpc) is 3.54. The molecule has 2 rings (SSSR count). The lowest BCUT2D eigenvalue weighted by molar-refractivity contribution is -0.133. The number of nitrogens with one attached hydrogen (secondary N) is 4. The number of carbonyl (C=O) groups is 3. The summed E-state index contributed by atoms with van der Waals surface area (Å²) in [6.07, 6.45) is 9.87. The molecule has 10 heteroatoms. The standard InChI is InChI=1S/C25H42N6O3S/c1-17(2)14-28-23(35)11-10-22(32)21(13-19-15-27-16-29-19)31-25(34)20(9-5-6-12-26)30-24(33)18-7-3-4-8-18/h15-18,20-21H,3-14,26H2,1-2H3,(H,27,29)(H,28,35)(H,30,33)(H,31,34)/t20-,21-/m0/s1. The van der Waals surface area contributed by atoms with Gasteiger partial charge in [-0.3, -0.25) is 14.4 Å². The van der Waals surface area contributed by atoms with Crippen molar-refractivity contribution in [2.24, 2.45) is 17.6 Å². The lowest BCUT2D eigenvalue weighted by atomic mass is 10.0. The Kier molecular flexibility index (Phi) is 12.9. The van der Waals surface area contributed by atoms with Gasteiger partial charge in [-0.2, -0.15) is 0 Å². The predicted octanol–water partition coefficient (Wildman–Crippen LogP) is 2.16. The highest BCUT2D eigenvalue weighted by Gasteiger charge is 2.30. The van der Waals surface area contributed by atoms with Crippen LogP contribution in [0.15, 0.2) is 12.5 Å². The fourth-order valence-electron chi connectivity index (χ4n) is 4.19. The Hall–Kier alpha value is -2.33. The Morgan fingerprint density at radius 1 is 1.14 bits per heavy atom. The van der Waals surface area contributed by atoms with Gasteiger partial charge in [0.2, 0.25) is 11.8 Å². The molecule has 1 heterocycles. The average molecular weight is 507 g/mol. The van der Waals surface area contributed by atoms with Gasteiger partial charge in [0.15, 0.2) is 5.78 Å². The molecule has 6 N–H and O–H groups in total. The highest BCUT2D eigenvalue weighted by Crippen LogP contribution is 2.25. The van der Waals surface area contributed by atoms with Crippen LogP contribution in [0.25, 0.3) is 0 Å². The van der Waals surface area contributed by atoms with E-state index < -0.39 is 12.1 Å². The summed E-state index contributed by atoms with van der Waals surface area (Å²) in [4.78, 5) is 46.8. The lowest BCUT2D eigenvalue weighted by Crippen LogP contribution is -2.53.